The van der Waals surface area contributed by atoms with Gasteiger partial charge in [0.05, 0.1) is 12.7 Å². The van der Waals surface area contributed by atoms with E-state index in [4.69, 9.17) is 4.74 Å². The van der Waals surface area contributed by atoms with Gasteiger partial charge < -0.3 is 9.84 Å². The van der Waals surface area contributed by atoms with Crippen molar-refractivity contribution in [2.24, 2.45) is 0 Å². The van der Waals surface area contributed by atoms with Gasteiger partial charge in [-0.3, -0.25) is 4.79 Å². The molecule has 3 nitrogen and oxygen atoms in total. The van der Waals surface area contributed by atoms with Crippen LogP contribution >= 0.6 is 11.8 Å². The maximum absolute atomic E-state index is 11.9. The normalized spacial score (nSPS) is 16.1. The Kier molecular flexibility index (Phi) is 9.56. The predicted molar refractivity (Wildman–Crippen MR) is 77.9 cm³/mol. The van der Waals surface area contributed by atoms with Crippen molar-refractivity contribution in [3.05, 3.63) is 0 Å². The molecule has 0 rings (SSSR count). The summed E-state index contributed by atoms with van der Waals surface area (Å²) in [6.07, 6.45) is 7.64. The molecule has 0 spiro atoms. The van der Waals surface area contributed by atoms with Crippen molar-refractivity contribution < 1.29 is 14.6 Å². The van der Waals surface area contributed by atoms with Crippen molar-refractivity contribution >= 4 is 17.7 Å². The molecule has 0 saturated heterocycles. The smallest absolute Gasteiger partial charge is 0.324 e. The van der Waals surface area contributed by atoms with E-state index >= 15 is 0 Å². The quantitative estimate of drug-likeness (QED) is 0.491. The van der Waals surface area contributed by atoms with E-state index in [1.807, 2.05) is 6.26 Å². The first-order chi connectivity index (χ1) is 8.52. The number of unbranched alkanes of at least 4 members (excludes halogenated alkanes) is 4. The van der Waals surface area contributed by atoms with E-state index in [1.165, 1.54) is 31.0 Å². The molecule has 0 aromatic rings. The van der Waals surface area contributed by atoms with Crippen molar-refractivity contribution in [3.63, 3.8) is 0 Å². The minimum atomic E-state index is -0.833. The Bertz CT molecular complexity index is 233. The van der Waals surface area contributed by atoms with Gasteiger partial charge in [-0.2, -0.15) is 0 Å². The van der Waals surface area contributed by atoms with Gasteiger partial charge >= 0.3 is 5.97 Å². The second-order valence-electron chi connectivity index (χ2n) is 4.75. The van der Waals surface area contributed by atoms with Crippen molar-refractivity contribution in [2.45, 2.75) is 70.1 Å². The van der Waals surface area contributed by atoms with E-state index in [1.54, 1.807) is 13.8 Å². The van der Waals surface area contributed by atoms with Crippen molar-refractivity contribution in [2.75, 3.05) is 12.9 Å². The molecule has 0 heterocycles. The van der Waals surface area contributed by atoms with E-state index < -0.39 is 10.9 Å². The van der Waals surface area contributed by atoms with E-state index in [0.717, 1.165) is 12.8 Å². The molecule has 0 aliphatic rings. The summed E-state index contributed by atoms with van der Waals surface area (Å²) in [5.41, 5.74) is 0. The van der Waals surface area contributed by atoms with Crippen LogP contribution in [-0.2, 0) is 9.53 Å². The number of hydrogen-bond acceptors (Lipinski definition) is 4. The Morgan fingerprint density at radius 3 is 2.39 bits per heavy atom. The molecule has 0 amide bonds. The van der Waals surface area contributed by atoms with Crippen molar-refractivity contribution in [1.82, 2.24) is 0 Å². The van der Waals surface area contributed by atoms with Crippen molar-refractivity contribution in [1.29, 1.82) is 0 Å². The Hall–Kier alpha value is -0.220. The molecule has 0 aromatic carbocycles. The fourth-order valence-electron chi connectivity index (χ4n) is 1.85. The summed E-state index contributed by atoms with van der Waals surface area (Å²) in [5.74, 6) is -0.307. The van der Waals surface area contributed by atoms with Gasteiger partial charge in [-0.05, 0) is 26.5 Å². The van der Waals surface area contributed by atoms with Gasteiger partial charge in [0.25, 0.3) is 0 Å². The van der Waals surface area contributed by atoms with Crippen LogP contribution in [0.5, 0.6) is 0 Å². The van der Waals surface area contributed by atoms with Crippen LogP contribution in [0.15, 0.2) is 0 Å². The van der Waals surface area contributed by atoms with Crippen LogP contribution in [0.25, 0.3) is 0 Å². The van der Waals surface area contributed by atoms with E-state index in [-0.39, 0.29) is 5.97 Å². The first kappa shape index (κ1) is 17.8. The molecule has 18 heavy (non-hydrogen) atoms. The molecule has 0 unspecified atom stereocenters. The van der Waals surface area contributed by atoms with Crippen LogP contribution in [0, 0.1) is 0 Å². The van der Waals surface area contributed by atoms with E-state index in [0.29, 0.717) is 13.0 Å². The number of hydrogen-bond donors (Lipinski definition) is 1. The van der Waals surface area contributed by atoms with Gasteiger partial charge in [0.1, 0.15) is 4.75 Å². The van der Waals surface area contributed by atoms with Crippen LogP contribution in [0.2, 0.25) is 0 Å². The highest BCUT2D eigenvalue weighted by molar-refractivity contribution is 8.00. The minimum Gasteiger partial charge on any atom is -0.465 e. The largest absolute Gasteiger partial charge is 0.465 e. The molecule has 2 atom stereocenters. The molecule has 0 radical (unpaired) electrons. The van der Waals surface area contributed by atoms with Crippen LogP contribution in [0.1, 0.15) is 59.3 Å². The summed E-state index contributed by atoms with van der Waals surface area (Å²) in [6.45, 7) is 6.10. The predicted octanol–water partition coefficient (Wildman–Crippen LogP) is 3.39. The average molecular weight is 276 g/mol. The number of esters is 1. The molecular formula is C14H28O3S. The zero-order valence-electron chi connectivity index (χ0n) is 12.2. The first-order valence-electron chi connectivity index (χ1n) is 6.93. The molecular weight excluding hydrogens is 248 g/mol. The second-order valence-corrected chi connectivity index (χ2v) is 6.01. The fourth-order valence-corrected chi connectivity index (χ4v) is 2.46. The zero-order valence-corrected chi connectivity index (χ0v) is 13.0. The number of carbonyl (C=O) groups excluding carboxylic acids is 1. The third-order valence-corrected chi connectivity index (χ3v) is 4.61. The summed E-state index contributed by atoms with van der Waals surface area (Å²) in [6, 6.07) is 0. The lowest BCUT2D eigenvalue weighted by Crippen LogP contribution is -2.44. The lowest BCUT2D eigenvalue weighted by Gasteiger charge is -2.30. The third kappa shape index (κ3) is 5.61. The summed E-state index contributed by atoms with van der Waals surface area (Å²) >= 11 is 1.37. The van der Waals surface area contributed by atoms with Crippen LogP contribution in [0.4, 0.5) is 0 Å². The SMILES string of the molecule is CCCCCCC[C@@H](O)[C@](C)(SC)C(=O)OCC. The number of carbonyl (C=O) groups is 1. The molecule has 0 aromatic heterocycles. The van der Waals surface area contributed by atoms with Gasteiger partial charge in [0.2, 0.25) is 0 Å². The van der Waals surface area contributed by atoms with Gasteiger partial charge in [-0.1, -0.05) is 39.0 Å². The summed E-state index contributed by atoms with van der Waals surface area (Å²) in [5, 5.41) is 10.2. The Balaban J connectivity index is 4.16. The zero-order chi connectivity index (χ0) is 14.0. The summed E-state index contributed by atoms with van der Waals surface area (Å²) in [4.78, 5) is 11.9. The van der Waals surface area contributed by atoms with Crippen LogP contribution in [-0.4, -0.2) is 34.8 Å². The average Bonchev–Trinajstić information content (AvgIpc) is 2.37. The highest BCUT2D eigenvalue weighted by Crippen LogP contribution is 2.31. The topological polar surface area (TPSA) is 46.5 Å². The Labute approximate surface area is 116 Å². The van der Waals surface area contributed by atoms with Crippen LogP contribution in [0.3, 0.4) is 0 Å². The molecule has 108 valence electrons. The van der Waals surface area contributed by atoms with Gasteiger partial charge in [-0.25, -0.2) is 0 Å². The maximum atomic E-state index is 11.9. The van der Waals surface area contributed by atoms with Gasteiger partial charge in [-0.15, -0.1) is 11.8 Å². The minimum absolute atomic E-state index is 0.307. The molecule has 0 aliphatic heterocycles. The second kappa shape index (κ2) is 9.68. The highest BCUT2D eigenvalue weighted by atomic mass is 32.2. The number of rotatable bonds is 10. The van der Waals surface area contributed by atoms with E-state index in [9.17, 15) is 9.90 Å². The molecule has 0 bridgehead atoms. The number of aliphatic hydroxyl groups is 1. The Morgan fingerprint density at radius 1 is 1.28 bits per heavy atom. The molecule has 0 aliphatic carbocycles. The maximum Gasteiger partial charge on any atom is 0.324 e. The molecule has 4 heteroatoms. The standard InChI is InChI=1S/C14H28O3S/c1-5-7-8-9-10-11-12(15)14(3,18-4)13(16)17-6-2/h12,15H,5-11H2,1-4H3/t12-,14+/m1/s1. The number of aliphatic hydroxyl groups excluding tert-OH is 1. The molecule has 0 fully saturated rings. The summed E-state index contributed by atoms with van der Waals surface area (Å²) < 4.78 is 4.21. The third-order valence-electron chi connectivity index (χ3n) is 3.32. The fraction of sp³-hybridized carbons (Fsp3) is 0.929. The Morgan fingerprint density at radius 2 is 1.89 bits per heavy atom. The number of thioether (sulfide) groups is 1. The first-order valence-corrected chi connectivity index (χ1v) is 8.15. The van der Waals surface area contributed by atoms with Crippen LogP contribution < -0.4 is 0 Å². The van der Waals surface area contributed by atoms with Crippen molar-refractivity contribution in [3.8, 4) is 0 Å². The number of ether oxygens (including phenoxy) is 1. The summed E-state index contributed by atoms with van der Waals surface area (Å²) in [7, 11) is 0. The highest BCUT2D eigenvalue weighted by Gasteiger charge is 2.40. The van der Waals surface area contributed by atoms with Gasteiger partial charge in [0.15, 0.2) is 0 Å². The monoisotopic (exact) mass is 276 g/mol. The molecule has 0 saturated carbocycles. The van der Waals surface area contributed by atoms with Gasteiger partial charge in [0, 0.05) is 0 Å². The lowest BCUT2D eigenvalue weighted by atomic mass is 9.97. The van der Waals surface area contributed by atoms with E-state index in [2.05, 4.69) is 6.92 Å². The molecule has 1 N–H and O–H groups in total. The lowest BCUT2D eigenvalue weighted by molar-refractivity contribution is -0.148.